The lowest BCUT2D eigenvalue weighted by molar-refractivity contribution is -0.155. The molecule has 2 rings (SSSR count). The average Bonchev–Trinajstić information content (AvgIpc) is 3.56. The average molecular weight is 789 g/mol. The van der Waals surface area contributed by atoms with Gasteiger partial charge in [-0.2, -0.15) is 0 Å². The summed E-state index contributed by atoms with van der Waals surface area (Å²) in [6.07, 6.45) is 0.775. The number of likely N-dealkylation sites (tertiary alicyclic amines) is 1. The lowest BCUT2D eigenvalue weighted by Gasteiger charge is -2.42. The van der Waals surface area contributed by atoms with Gasteiger partial charge in [0.15, 0.2) is 8.32 Å². The maximum Gasteiger partial charge on any atom is 0.407 e. The Morgan fingerprint density at radius 3 is 2.05 bits per heavy atom. The van der Waals surface area contributed by atoms with Gasteiger partial charge < -0.3 is 34.8 Å². The lowest BCUT2D eigenvalue weighted by Crippen LogP contribution is -2.58. The van der Waals surface area contributed by atoms with Crippen molar-refractivity contribution in [3.63, 3.8) is 0 Å². The van der Waals surface area contributed by atoms with E-state index in [2.05, 4.69) is 49.8 Å². The van der Waals surface area contributed by atoms with Gasteiger partial charge in [0, 0.05) is 6.54 Å². The number of rotatable bonds is 18. The van der Waals surface area contributed by atoms with Crippen LogP contribution >= 0.6 is 0 Å². The van der Waals surface area contributed by atoms with Gasteiger partial charge in [-0.1, -0.05) is 99.1 Å². The summed E-state index contributed by atoms with van der Waals surface area (Å²) in [5.74, 6) is -2.05. The van der Waals surface area contributed by atoms with Crippen LogP contribution in [-0.4, -0.2) is 85.4 Å². The molecule has 1 aromatic rings. The molecule has 1 aliphatic heterocycles. The number of carbonyl (C=O) groups excluding carboxylic acids is 5. The Balaban J connectivity index is 2.31. The van der Waals surface area contributed by atoms with E-state index in [4.69, 9.17) is 13.9 Å². The molecular weight excluding hydrogens is 717 g/mol. The number of hydrogen-bond acceptors (Lipinski definition) is 8. The molecule has 1 saturated heterocycles. The van der Waals surface area contributed by atoms with Crippen molar-refractivity contribution in [2.45, 2.75) is 176 Å². The summed E-state index contributed by atoms with van der Waals surface area (Å²) in [4.78, 5) is 69.9. The summed E-state index contributed by atoms with van der Waals surface area (Å²) < 4.78 is 18.1. The van der Waals surface area contributed by atoms with Crippen LogP contribution < -0.4 is 16.0 Å². The number of ether oxygens (including phenoxy) is 2. The highest BCUT2D eigenvalue weighted by Gasteiger charge is 2.44. The van der Waals surface area contributed by atoms with Gasteiger partial charge in [0.05, 0.1) is 18.6 Å². The minimum Gasteiger partial charge on any atom is -0.459 e. The molecule has 4 amide bonds. The molecule has 3 N–H and O–H groups in total. The molecule has 0 bridgehead atoms. The molecule has 1 aromatic carbocycles. The van der Waals surface area contributed by atoms with Crippen molar-refractivity contribution in [3.05, 3.63) is 35.9 Å². The molecule has 1 aliphatic rings. The Kier molecular flexibility index (Phi) is 17.9. The largest absolute Gasteiger partial charge is 0.459 e. The fraction of sp³-hybridized carbons (Fsp3) is 0.738. The van der Waals surface area contributed by atoms with E-state index in [0.717, 1.165) is 5.56 Å². The van der Waals surface area contributed by atoms with Crippen molar-refractivity contribution in [3.8, 4) is 0 Å². The third-order valence-electron chi connectivity index (χ3n) is 10.6. The van der Waals surface area contributed by atoms with Gasteiger partial charge in [-0.15, -0.1) is 0 Å². The van der Waals surface area contributed by atoms with Crippen LogP contribution in [0.5, 0.6) is 0 Å². The number of hydrogen-bond donors (Lipinski definition) is 3. The number of amides is 4. The van der Waals surface area contributed by atoms with Gasteiger partial charge in [-0.3, -0.25) is 14.4 Å². The van der Waals surface area contributed by atoms with E-state index in [-0.39, 0.29) is 41.7 Å². The van der Waals surface area contributed by atoms with Crippen LogP contribution in [0.25, 0.3) is 0 Å². The minimum absolute atomic E-state index is 0.0515. The molecule has 6 atom stereocenters. The summed E-state index contributed by atoms with van der Waals surface area (Å²) in [5.41, 5.74) is 0.136. The van der Waals surface area contributed by atoms with E-state index in [1.54, 1.807) is 20.8 Å². The Bertz CT molecular complexity index is 1420. The number of benzene rings is 1. The van der Waals surface area contributed by atoms with E-state index >= 15 is 0 Å². The SMILES string of the molecule is CC[C@H](C)[C@@H](NC(=O)OC(C)(C)C)[C@H](CC(=O)N[C@H](C(=O)N[C@@H](CC(C)C)C(=O)N1CCC[C@H]1C(=O)OCc1ccccc1)C(C)C)O[Si](C)(C)C(C)(C)C. The third kappa shape index (κ3) is 15.2. The van der Waals surface area contributed by atoms with Crippen molar-refractivity contribution in [2.75, 3.05) is 6.54 Å². The molecule has 1 fully saturated rings. The maximum atomic E-state index is 14.1. The summed E-state index contributed by atoms with van der Waals surface area (Å²) in [5, 5.41) is 8.72. The Morgan fingerprint density at radius 2 is 1.53 bits per heavy atom. The van der Waals surface area contributed by atoms with Crippen molar-refractivity contribution in [1.29, 1.82) is 0 Å². The van der Waals surface area contributed by atoms with Gasteiger partial charge in [0.25, 0.3) is 0 Å². The van der Waals surface area contributed by atoms with E-state index < -0.39 is 68.1 Å². The van der Waals surface area contributed by atoms with Crippen LogP contribution in [0.15, 0.2) is 30.3 Å². The predicted molar refractivity (Wildman–Crippen MR) is 218 cm³/mol. The third-order valence-corrected chi connectivity index (χ3v) is 15.1. The first-order valence-corrected chi connectivity index (χ1v) is 23.1. The van der Waals surface area contributed by atoms with E-state index in [9.17, 15) is 24.0 Å². The summed E-state index contributed by atoms with van der Waals surface area (Å²) in [6, 6.07) is 6.21. The smallest absolute Gasteiger partial charge is 0.407 e. The first-order valence-electron chi connectivity index (χ1n) is 20.1. The van der Waals surface area contributed by atoms with Gasteiger partial charge >= 0.3 is 12.1 Å². The van der Waals surface area contributed by atoms with Crippen molar-refractivity contribution in [1.82, 2.24) is 20.9 Å². The number of alkyl carbamates (subject to hydrolysis) is 1. The molecule has 0 unspecified atom stereocenters. The molecular formula is C42H72N4O8Si. The van der Waals surface area contributed by atoms with Gasteiger partial charge in [0.2, 0.25) is 17.7 Å². The molecule has 1 heterocycles. The molecule has 0 aliphatic carbocycles. The second-order valence-corrected chi connectivity index (χ2v) is 23.2. The number of nitrogens with one attached hydrogen (secondary N) is 3. The Hall–Kier alpha value is -3.45. The van der Waals surface area contributed by atoms with E-state index in [1.807, 2.05) is 71.9 Å². The van der Waals surface area contributed by atoms with Crippen LogP contribution in [0.4, 0.5) is 4.79 Å². The van der Waals surface area contributed by atoms with Crippen LogP contribution in [0.2, 0.25) is 18.1 Å². The van der Waals surface area contributed by atoms with E-state index in [0.29, 0.717) is 32.2 Å². The maximum absolute atomic E-state index is 14.1. The van der Waals surface area contributed by atoms with Crippen LogP contribution in [-0.2, 0) is 39.7 Å². The Morgan fingerprint density at radius 1 is 0.909 bits per heavy atom. The quantitative estimate of drug-likeness (QED) is 0.105. The van der Waals surface area contributed by atoms with Crippen molar-refractivity contribution < 1.29 is 37.9 Å². The molecule has 13 heteroatoms. The van der Waals surface area contributed by atoms with Crippen molar-refractivity contribution in [2.24, 2.45) is 17.8 Å². The standard InChI is InChI=1S/C42H72N4O8Si/c1-15-29(6)36(45-40(51)53-41(7,8)9)33(54-55(13,14)42(10,11)12)25-34(47)44-35(28(4)5)37(48)43-31(24-27(2)3)38(49)46-23-19-22-32(46)39(50)52-26-30-20-17-16-18-21-30/h16-18,20-21,27-29,31-33,35-36H,15,19,22-26H2,1-14H3,(H,43,48)(H,44,47)(H,45,51)/t29-,31-,32-,33-,35-,36+/m0/s1. The first kappa shape index (κ1) is 47.7. The summed E-state index contributed by atoms with van der Waals surface area (Å²) in [6.45, 7) is 28.0. The lowest BCUT2D eigenvalue weighted by atomic mass is 9.92. The summed E-state index contributed by atoms with van der Waals surface area (Å²) >= 11 is 0. The normalized spacial score (nSPS) is 17.9. The van der Waals surface area contributed by atoms with Crippen LogP contribution in [0.1, 0.15) is 121 Å². The zero-order valence-electron chi connectivity index (χ0n) is 36.2. The summed E-state index contributed by atoms with van der Waals surface area (Å²) in [7, 11) is -2.46. The van der Waals surface area contributed by atoms with Crippen LogP contribution in [0.3, 0.4) is 0 Å². The molecule has 0 radical (unpaired) electrons. The van der Waals surface area contributed by atoms with Gasteiger partial charge in [-0.25, -0.2) is 9.59 Å². The monoisotopic (exact) mass is 789 g/mol. The zero-order valence-corrected chi connectivity index (χ0v) is 37.2. The van der Waals surface area contributed by atoms with Crippen LogP contribution in [0, 0.1) is 17.8 Å². The first-order chi connectivity index (χ1) is 25.4. The molecule has 0 saturated carbocycles. The van der Waals surface area contributed by atoms with E-state index in [1.165, 1.54) is 4.90 Å². The molecule has 12 nitrogen and oxygen atoms in total. The fourth-order valence-corrected chi connectivity index (χ4v) is 7.64. The minimum atomic E-state index is -2.46. The molecule has 0 spiro atoms. The highest BCUT2D eigenvalue weighted by molar-refractivity contribution is 6.74. The second-order valence-electron chi connectivity index (χ2n) is 18.4. The fourth-order valence-electron chi connectivity index (χ4n) is 6.30. The Labute approximate surface area is 332 Å². The predicted octanol–water partition coefficient (Wildman–Crippen LogP) is 7.11. The molecule has 55 heavy (non-hydrogen) atoms. The molecule has 0 aromatic heterocycles. The van der Waals surface area contributed by atoms with Gasteiger partial charge in [0.1, 0.15) is 30.3 Å². The second kappa shape index (κ2) is 20.6. The number of nitrogens with zero attached hydrogens (tertiary/aromatic N) is 1. The zero-order chi connectivity index (χ0) is 41.9. The van der Waals surface area contributed by atoms with Gasteiger partial charge in [-0.05, 0) is 81.5 Å². The van der Waals surface area contributed by atoms with Crippen molar-refractivity contribution >= 4 is 38.1 Å². The molecule has 312 valence electrons. The highest BCUT2D eigenvalue weighted by atomic mass is 28.4. The number of esters is 1. The number of carbonyl (C=O) groups is 5. The highest BCUT2D eigenvalue weighted by Crippen LogP contribution is 2.38. The topological polar surface area (TPSA) is 152 Å².